The summed E-state index contributed by atoms with van der Waals surface area (Å²) in [6.45, 7) is 1.88. The fraction of sp³-hybridized carbons (Fsp3) is 0.484. The highest BCUT2D eigenvalue weighted by atomic mass is 16.5. The van der Waals surface area contributed by atoms with Crippen LogP contribution in [0.25, 0.3) is 0 Å². The standard InChI is InChI=1S/C31H38N2O7/c1-18-7-9-19(10-8-18)16-33(31(38)21-5-3-4-6-21)24-15-23(30(37)32-11-12-34)26-22-13-20(17-35)14-25(39-2)28(22)40-29(26)27(24)36/h7-10,13-15,21,24,26-27,29,34-36H,3-6,11-12,16-17H2,1-2H3,(H,32,37). The van der Waals surface area contributed by atoms with Crippen molar-refractivity contribution in [3.8, 4) is 11.5 Å². The van der Waals surface area contributed by atoms with Crippen LogP contribution >= 0.6 is 0 Å². The molecule has 1 aliphatic heterocycles. The van der Waals surface area contributed by atoms with Crippen molar-refractivity contribution in [3.63, 3.8) is 0 Å². The lowest BCUT2D eigenvalue weighted by atomic mass is 9.77. The Bertz CT molecular complexity index is 1270. The third kappa shape index (κ3) is 5.33. The maximum Gasteiger partial charge on any atom is 0.247 e. The van der Waals surface area contributed by atoms with Crippen LogP contribution in [0.3, 0.4) is 0 Å². The van der Waals surface area contributed by atoms with Gasteiger partial charge in [-0.25, -0.2) is 0 Å². The van der Waals surface area contributed by atoms with Crippen molar-refractivity contribution in [2.24, 2.45) is 5.92 Å². The second-order valence-electron chi connectivity index (χ2n) is 11.0. The van der Waals surface area contributed by atoms with Gasteiger partial charge in [0, 0.05) is 30.1 Å². The number of aliphatic hydroxyl groups excluding tert-OH is 3. The highest BCUT2D eigenvalue weighted by molar-refractivity contribution is 5.96. The zero-order valence-corrected chi connectivity index (χ0v) is 23.0. The van der Waals surface area contributed by atoms with Gasteiger partial charge in [0.25, 0.3) is 0 Å². The van der Waals surface area contributed by atoms with Gasteiger partial charge < -0.3 is 35.0 Å². The number of benzene rings is 2. The van der Waals surface area contributed by atoms with Crippen molar-refractivity contribution >= 4 is 11.8 Å². The number of rotatable bonds is 9. The molecule has 1 saturated carbocycles. The summed E-state index contributed by atoms with van der Waals surface area (Å²) in [5.74, 6) is -0.430. The summed E-state index contributed by atoms with van der Waals surface area (Å²) in [4.78, 5) is 29.2. The summed E-state index contributed by atoms with van der Waals surface area (Å²) >= 11 is 0. The molecule has 40 heavy (non-hydrogen) atoms. The highest BCUT2D eigenvalue weighted by Crippen LogP contribution is 2.51. The molecule has 3 aliphatic rings. The minimum atomic E-state index is -1.13. The van der Waals surface area contributed by atoms with Crippen LogP contribution in [-0.4, -0.2) is 70.5 Å². The topological polar surface area (TPSA) is 129 Å². The number of nitrogens with zero attached hydrogens (tertiary/aromatic N) is 1. The number of carbonyl (C=O) groups is 2. The number of hydrogen-bond donors (Lipinski definition) is 4. The Morgan fingerprint density at radius 1 is 1.10 bits per heavy atom. The number of ether oxygens (including phenoxy) is 2. The van der Waals surface area contributed by atoms with Gasteiger partial charge in [0.15, 0.2) is 11.5 Å². The van der Waals surface area contributed by atoms with E-state index in [9.17, 15) is 24.9 Å². The van der Waals surface area contributed by atoms with Crippen molar-refractivity contribution in [1.29, 1.82) is 0 Å². The number of hydrogen-bond acceptors (Lipinski definition) is 7. The highest BCUT2D eigenvalue weighted by Gasteiger charge is 2.52. The Morgan fingerprint density at radius 3 is 2.48 bits per heavy atom. The van der Waals surface area contributed by atoms with Gasteiger partial charge in [-0.3, -0.25) is 9.59 Å². The fourth-order valence-corrected chi connectivity index (χ4v) is 6.25. The van der Waals surface area contributed by atoms with Crippen LogP contribution in [0.1, 0.15) is 53.9 Å². The maximum atomic E-state index is 14.0. The molecule has 1 heterocycles. The molecule has 5 rings (SSSR count). The van der Waals surface area contributed by atoms with Crippen LogP contribution in [0.2, 0.25) is 0 Å². The number of nitrogens with one attached hydrogen (secondary N) is 1. The first-order chi connectivity index (χ1) is 19.4. The summed E-state index contributed by atoms with van der Waals surface area (Å²) in [5, 5.41) is 33.8. The molecule has 2 aromatic carbocycles. The van der Waals surface area contributed by atoms with Crippen LogP contribution in [0.5, 0.6) is 11.5 Å². The Morgan fingerprint density at radius 2 is 1.82 bits per heavy atom. The van der Waals surface area contributed by atoms with E-state index in [-0.39, 0.29) is 38.1 Å². The van der Waals surface area contributed by atoms with Gasteiger partial charge in [-0.1, -0.05) is 42.7 Å². The minimum absolute atomic E-state index is 0.0393. The van der Waals surface area contributed by atoms with Crippen molar-refractivity contribution in [3.05, 3.63) is 70.3 Å². The molecular weight excluding hydrogens is 512 g/mol. The van der Waals surface area contributed by atoms with E-state index in [1.807, 2.05) is 31.2 Å². The smallest absolute Gasteiger partial charge is 0.247 e. The third-order valence-corrected chi connectivity index (χ3v) is 8.32. The van der Waals surface area contributed by atoms with Crippen molar-refractivity contribution < 1.29 is 34.4 Å². The monoisotopic (exact) mass is 550 g/mol. The molecule has 4 atom stereocenters. The average Bonchev–Trinajstić information content (AvgIpc) is 3.64. The lowest BCUT2D eigenvalue weighted by Gasteiger charge is -2.41. The van der Waals surface area contributed by atoms with E-state index in [4.69, 9.17) is 9.47 Å². The second kappa shape index (κ2) is 12.0. The van der Waals surface area contributed by atoms with E-state index in [1.54, 1.807) is 23.1 Å². The van der Waals surface area contributed by atoms with Crippen LogP contribution < -0.4 is 14.8 Å². The molecule has 0 radical (unpaired) electrons. The van der Waals surface area contributed by atoms with Gasteiger partial charge in [-0.15, -0.1) is 0 Å². The molecule has 2 aliphatic carbocycles. The first-order valence-electron chi connectivity index (χ1n) is 14.0. The lowest BCUT2D eigenvalue weighted by molar-refractivity contribution is -0.142. The van der Waals surface area contributed by atoms with E-state index >= 15 is 0 Å². The van der Waals surface area contributed by atoms with Crippen molar-refractivity contribution in [2.45, 2.75) is 69.9 Å². The molecular formula is C31H38N2O7. The normalized spacial score (nSPS) is 23.6. The van der Waals surface area contributed by atoms with Gasteiger partial charge in [-0.05, 0) is 49.1 Å². The van der Waals surface area contributed by atoms with Crippen LogP contribution in [0.15, 0.2) is 48.0 Å². The molecule has 4 N–H and O–H groups in total. The van der Waals surface area contributed by atoms with Crippen molar-refractivity contribution in [2.75, 3.05) is 20.3 Å². The van der Waals surface area contributed by atoms with Crippen LogP contribution in [-0.2, 0) is 22.7 Å². The Balaban J connectivity index is 1.59. The molecule has 9 nitrogen and oxygen atoms in total. The molecule has 0 aromatic heterocycles. The zero-order chi connectivity index (χ0) is 28.4. The van der Waals surface area contributed by atoms with E-state index in [0.717, 1.165) is 36.8 Å². The number of fused-ring (bicyclic) bond motifs is 3. The molecule has 0 bridgehead atoms. The third-order valence-electron chi connectivity index (χ3n) is 8.32. The number of methoxy groups -OCH3 is 1. The summed E-state index contributed by atoms with van der Waals surface area (Å²) in [6, 6.07) is 10.6. The van der Waals surface area contributed by atoms with E-state index in [0.29, 0.717) is 28.2 Å². The summed E-state index contributed by atoms with van der Waals surface area (Å²) in [7, 11) is 1.50. The van der Waals surface area contributed by atoms with Gasteiger partial charge in [0.05, 0.1) is 32.3 Å². The maximum absolute atomic E-state index is 14.0. The van der Waals surface area contributed by atoms with Gasteiger partial charge >= 0.3 is 0 Å². The van der Waals surface area contributed by atoms with E-state index in [1.165, 1.54) is 7.11 Å². The molecule has 4 unspecified atom stereocenters. The van der Waals surface area contributed by atoms with Crippen LogP contribution in [0, 0.1) is 12.8 Å². The largest absolute Gasteiger partial charge is 0.493 e. The molecule has 1 fully saturated rings. The number of carbonyl (C=O) groups excluding carboxylic acids is 2. The molecule has 9 heteroatoms. The summed E-state index contributed by atoms with van der Waals surface area (Å²) in [5.41, 5.74) is 3.59. The molecule has 0 spiro atoms. The lowest BCUT2D eigenvalue weighted by Crippen LogP contribution is -2.56. The predicted octanol–water partition coefficient (Wildman–Crippen LogP) is 2.34. The molecule has 2 amide bonds. The van der Waals surface area contributed by atoms with Gasteiger partial charge in [-0.2, -0.15) is 0 Å². The van der Waals surface area contributed by atoms with E-state index < -0.39 is 30.1 Å². The quantitative estimate of drug-likeness (QED) is 0.377. The Hall–Kier alpha value is -3.40. The predicted molar refractivity (Wildman–Crippen MR) is 148 cm³/mol. The number of amides is 2. The molecule has 2 aromatic rings. The first kappa shape index (κ1) is 28.1. The van der Waals surface area contributed by atoms with Gasteiger partial charge in [0.1, 0.15) is 12.2 Å². The first-order valence-corrected chi connectivity index (χ1v) is 14.0. The average molecular weight is 551 g/mol. The van der Waals surface area contributed by atoms with Crippen LogP contribution in [0.4, 0.5) is 0 Å². The SMILES string of the molecule is COc1cc(CO)cc2c1OC1C2C(C(=O)NCCO)=CC(N(Cc2ccc(C)cc2)C(=O)C2CCCC2)C1O. The van der Waals surface area contributed by atoms with E-state index in [2.05, 4.69) is 5.32 Å². The summed E-state index contributed by atoms with van der Waals surface area (Å²) in [6.07, 6.45) is 3.27. The fourth-order valence-electron chi connectivity index (χ4n) is 6.25. The molecule has 214 valence electrons. The minimum Gasteiger partial charge on any atom is -0.493 e. The Kier molecular flexibility index (Phi) is 8.44. The molecule has 0 saturated heterocycles. The zero-order valence-electron chi connectivity index (χ0n) is 23.0. The number of aryl methyl sites for hydroxylation is 1. The Labute approximate surface area is 234 Å². The summed E-state index contributed by atoms with van der Waals surface area (Å²) < 4.78 is 11.9. The second-order valence-corrected chi connectivity index (χ2v) is 11.0. The van der Waals surface area contributed by atoms with Crippen molar-refractivity contribution in [1.82, 2.24) is 10.2 Å². The van der Waals surface area contributed by atoms with Gasteiger partial charge in [0.2, 0.25) is 11.8 Å². The number of aliphatic hydroxyl groups is 3.